The van der Waals surface area contributed by atoms with Gasteiger partial charge in [0.1, 0.15) is 5.76 Å². The molecular formula is C14H12N4O3. The number of nitrogens with one attached hydrogen (secondary N) is 1. The van der Waals surface area contributed by atoms with Gasteiger partial charge in [-0.25, -0.2) is 0 Å². The van der Waals surface area contributed by atoms with Crippen molar-refractivity contribution >= 4 is 11.7 Å². The summed E-state index contributed by atoms with van der Waals surface area (Å²) in [5, 5.41) is 10.2. The van der Waals surface area contributed by atoms with Gasteiger partial charge in [0.25, 0.3) is 5.91 Å². The van der Waals surface area contributed by atoms with Crippen LogP contribution in [0.15, 0.2) is 39.4 Å². The molecule has 0 saturated heterocycles. The van der Waals surface area contributed by atoms with Crippen LogP contribution < -0.4 is 5.32 Å². The molecule has 3 rings (SSSR count). The van der Waals surface area contributed by atoms with E-state index in [2.05, 4.69) is 20.6 Å². The van der Waals surface area contributed by atoms with Crippen LogP contribution in [-0.4, -0.2) is 21.2 Å². The van der Waals surface area contributed by atoms with Crippen LogP contribution in [0.5, 0.6) is 0 Å². The van der Waals surface area contributed by atoms with E-state index < -0.39 is 0 Å². The lowest BCUT2D eigenvalue weighted by Gasteiger charge is -2.01. The standard InChI is InChI=1S/C14H12N4O3/c1-8-7-12(17-20-8)16-14(19)11-5-3-10(4-6-11)13-15-9(2)21-18-13/h3-7H,1-2H3,(H,16,17,19). The first-order valence-corrected chi connectivity index (χ1v) is 6.27. The average Bonchev–Trinajstić information content (AvgIpc) is 3.08. The van der Waals surface area contributed by atoms with Crippen molar-refractivity contribution in [2.45, 2.75) is 13.8 Å². The first kappa shape index (κ1) is 13.0. The summed E-state index contributed by atoms with van der Waals surface area (Å²) >= 11 is 0. The molecule has 0 radical (unpaired) electrons. The number of aryl methyl sites for hydroxylation is 2. The van der Waals surface area contributed by atoms with Crippen LogP contribution in [0, 0.1) is 13.8 Å². The van der Waals surface area contributed by atoms with Gasteiger partial charge in [0.15, 0.2) is 5.82 Å². The smallest absolute Gasteiger partial charge is 0.256 e. The van der Waals surface area contributed by atoms with E-state index in [0.717, 1.165) is 5.56 Å². The molecular weight excluding hydrogens is 272 g/mol. The third-order valence-electron chi connectivity index (χ3n) is 2.80. The van der Waals surface area contributed by atoms with Crippen LogP contribution in [0.4, 0.5) is 5.82 Å². The Morgan fingerprint density at radius 3 is 2.43 bits per heavy atom. The van der Waals surface area contributed by atoms with E-state index in [1.807, 2.05) is 0 Å². The quantitative estimate of drug-likeness (QED) is 0.794. The number of hydrogen-bond acceptors (Lipinski definition) is 6. The highest BCUT2D eigenvalue weighted by Crippen LogP contribution is 2.17. The maximum atomic E-state index is 12.0. The fraction of sp³-hybridized carbons (Fsp3) is 0.143. The van der Waals surface area contributed by atoms with Crippen LogP contribution in [0.1, 0.15) is 22.0 Å². The van der Waals surface area contributed by atoms with Gasteiger partial charge in [-0.3, -0.25) is 4.79 Å². The summed E-state index contributed by atoms with van der Waals surface area (Å²) in [7, 11) is 0. The SMILES string of the molecule is Cc1cc(NC(=O)c2ccc(-c3noc(C)n3)cc2)no1. The Balaban J connectivity index is 1.76. The van der Waals surface area contributed by atoms with Crippen LogP contribution >= 0.6 is 0 Å². The summed E-state index contributed by atoms with van der Waals surface area (Å²) in [5.74, 6) is 1.74. The van der Waals surface area contributed by atoms with Gasteiger partial charge in [-0.05, 0) is 19.1 Å². The number of carbonyl (C=O) groups is 1. The number of carbonyl (C=O) groups excluding carboxylic acids is 1. The molecule has 0 aliphatic heterocycles. The van der Waals surface area contributed by atoms with Crippen molar-refractivity contribution in [3.63, 3.8) is 0 Å². The molecule has 0 aliphatic rings. The molecule has 0 saturated carbocycles. The van der Waals surface area contributed by atoms with Crippen molar-refractivity contribution in [1.29, 1.82) is 0 Å². The zero-order valence-electron chi connectivity index (χ0n) is 11.5. The first-order chi connectivity index (χ1) is 10.1. The highest BCUT2D eigenvalue weighted by atomic mass is 16.5. The van der Waals surface area contributed by atoms with Crippen molar-refractivity contribution in [1.82, 2.24) is 15.3 Å². The van der Waals surface area contributed by atoms with E-state index in [9.17, 15) is 4.79 Å². The van der Waals surface area contributed by atoms with E-state index >= 15 is 0 Å². The second-order valence-electron chi connectivity index (χ2n) is 4.49. The Kier molecular flexibility index (Phi) is 3.23. The Labute approximate surface area is 120 Å². The van der Waals surface area contributed by atoms with Crippen LogP contribution in [0.2, 0.25) is 0 Å². The third kappa shape index (κ3) is 2.81. The minimum Gasteiger partial charge on any atom is -0.360 e. The van der Waals surface area contributed by atoms with Crippen molar-refractivity contribution in [2.75, 3.05) is 5.32 Å². The summed E-state index contributed by atoms with van der Waals surface area (Å²) in [5.41, 5.74) is 1.28. The number of aromatic nitrogens is 3. The molecule has 7 nitrogen and oxygen atoms in total. The highest BCUT2D eigenvalue weighted by Gasteiger charge is 2.10. The van der Waals surface area contributed by atoms with Gasteiger partial charge < -0.3 is 14.4 Å². The number of anilines is 1. The van der Waals surface area contributed by atoms with Gasteiger partial charge in [0, 0.05) is 24.1 Å². The van der Waals surface area contributed by atoms with Gasteiger partial charge in [0.2, 0.25) is 11.7 Å². The van der Waals surface area contributed by atoms with Crippen molar-refractivity contribution in [3.8, 4) is 11.4 Å². The number of rotatable bonds is 3. The summed E-state index contributed by atoms with van der Waals surface area (Å²) in [6.07, 6.45) is 0. The minimum absolute atomic E-state index is 0.265. The lowest BCUT2D eigenvalue weighted by molar-refractivity contribution is 0.102. The normalized spacial score (nSPS) is 10.6. The van der Waals surface area contributed by atoms with Gasteiger partial charge in [-0.2, -0.15) is 4.98 Å². The van der Waals surface area contributed by atoms with Gasteiger partial charge in [0.05, 0.1) is 0 Å². The molecule has 2 aromatic heterocycles. The maximum Gasteiger partial charge on any atom is 0.256 e. The summed E-state index contributed by atoms with van der Waals surface area (Å²) in [4.78, 5) is 16.2. The number of nitrogens with zero attached hydrogens (tertiary/aromatic N) is 3. The highest BCUT2D eigenvalue weighted by molar-refractivity contribution is 6.03. The predicted octanol–water partition coefficient (Wildman–Crippen LogP) is 2.59. The molecule has 1 N–H and O–H groups in total. The molecule has 3 aromatic rings. The minimum atomic E-state index is -0.265. The number of hydrogen-bond donors (Lipinski definition) is 1. The van der Waals surface area contributed by atoms with E-state index in [4.69, 9.17) is 9.05 Å². The number of amides is 1. The number of benzene rings is 1. The van der Waals surface area contributed by atoms with Crippen molar-refractivity contribution < 1.29 is 13.8 Å². The van der Waals surface area contributed by atoms with Gasteiger partial charge >= 0.3 is 0 Å². The third-order valence-corrected chi connectivity index (χ3v) is 2.80. The molecule has 2 heterocycles. The Bertz CT molecular complexity index is 774. The molecule has 7 heteroatoms. The maximum absolute atomic E-state index is 12.0. The molecule has 106 valence electrons. The first-order valence-electron chi connectivity index (χ1n) is 6.27. The molecule has 1 amide bonds. The summed E-state index contributed by atoms with van der Waals surface area (Å²) in [6, 6.07) is 8.53. The molecule has 0 aliphatic carbocycles. The van der Waals surface area contributed by atoms with Crippen LogP contribution in [0.3, 0.4) is 0 Å². The lowest BCUT2D eigenvalue weighted by Crippen LogP contribution is -2.11. The molecule has 0 bridgehead atoms. The summed E-state index contributed by atoms with van der Waals surface area (Å²) in [6.45, 7) is 3.47. The van der Waals surface area contributed by atoms with E-state index in [0.29, 0.717) is 28.9 Å². The van der Waals surface area contributed by atoms with Gasteiger partial charge in [-0.15, -0.1) is 0 Å². The van der Waals surface area contributed by atoms with Gasteiger partial charge in [-0.1, -0.05) is 22.4 Å². The molecule has 1 aromatic carbocycles. The van der Waals surface area contributed by atoms with E-state index in [1.54, 1.807) is 44.2 Å². The summed E-state index contributed by atoms with van der Waals surface area (Å²) < 4.78 is 9.81. The molecule has 0 spiro atoms. The molecule has 0 unspecified atom stereocenters. The zero-order valence-corrected chi connectivity index (χ0v) is 11.5. The lowest BCUT2D eigenvalue weighted by atomic mass is 10.1. The Hall–Kier alpha value is -2.96. The zero-order chi connectivity index (χ0) is 14.8. The van der Waals surface area contributed by atoms with Crippen molar-refractivity contribution in [3.05, 3.63) is 47.5 Å². The van der Waals surface area contributed by atoms with E-state index in [-0.39, 0.29) is 5.91 Å². The van der Waals surface area contributed by atoms with Crippen molar-refractivity contribution in [2.24, 2.45) is 0 Å². The Morgan fingerprint density at radius 1 is 1.10 bits per heavy atom. The second-order valence-corrected chi connectivity index (χ2v) is 4.49. The van der Waals surface area contributed by atoms with Crippen LogP contribution in [-0.2, 0) is 0 Å². The fourth-order valence-electron chi connectivity index (χ4n) is 1.80. The van der Waals surface area contributed by atoms with Crippen LogP contribution in [0.25, 0.3) is 11.4 Å². The molecule has 0 fully saturated rings. The average molecular weight is 284 g/mol. The molecule has 21 heavy (non-hydrogen) atoms. The Morgan fingerprint density at radius 2 is 1.86 bits per heavy atom. The largest absolute Gasteiger partial charge is 0.360 e. The van der Waals surface area contributed by atoms with E-state index in [1.165, 1.54) is 0 Å². The monoisotopic (exact) mass is 284 g/mol. The molecule has 0 atom stereocenters. The second kappa shape index (κ2) is 5.20. The topological polar surface area (TPSA) is 94.1 Å². The predicted molar refractivity (Wildman–Crippen MR) is 73.7 cm³/mol. The fourth-order valence-corrected chi connectivity index (χ4v) is 1.80.